The van der Waals surface area contributed by atoms with Gasteiger partial charge in [-0.1, -0.05) is 54.6 Å². The molecule has 0 radical (unpaired) electrons. The minimum absolute atomic E-state index is 0. The van der Waals surface area contributed by atoms with Gasteiger partial charge in [0, 0.05) is 57.0 Å². The number of fused-ring (bicyclic) bond motifs is 2. The predicted octanol–water partition coefficient (Wildman–Crippen LogP) is 4.94. The van der Waals surface area contributed by atoms with Gasteiger partial charge in [0.05, 0.1) is 23.8 Å². The van der Waals surface area contributed by atoms with Gasteiger partial charge in [-0.2, -0.15) is 0 Å². The fraction of sp³-hybridized carbons (Fsp3) is 0.259. The number of rotatable bonds is 6. The molecule has 0 amide bonds. The van der Waals surface area contributed by atoms with Crippen molar-refractivity contribution in [1.82, 2.24) is 4.90 Å². The molecule has 0 atom stereocenters. The number of hydrogen-bond donors (Lipinski definition) is 1. The van der Waals surface area contributed by atoms with E-state index in [-0.39, 0.29) is 6.32 Å². The number of morpholine rings is 1. The highest BCUT2D eigenvalue weighted by Crippen LogP contribution is 2.33. The summed E-state index contributed by atoms with van der Waals surface area (Å²) in [5.74, 6) is 0. The van der Waals surface area contributed by atoms with E-state index in [9.17, 15) is 8.42 Å². The molecule has 0 saturated carbocycles. The van der Waals surface area contributed by atoms with Crippen LogP contribution in [0.25, 0.3) is 21.5 Å². The van der Waals surface area contributed by atoms with Crippen LogP contribution >= 0.6 is 0 Å². The first-order valence-electron chi connectivity index (χ1n) is 11.5. The summed E-state index contributed by atoms with van der Waals surface area (Å²) < 4.78 is 35.5. The number of anilines is 2. The molecule has 0 spiro atoms. The fourth-order valence-electron chi connectivity index (χ4n) is 4.68. The van der Waals surface area contributed by atoms with Crippen LogP contribution in [-0.4, -0.2) is 53.7 Å². The Morgan fingerprint density at radius 2 is 1.53 bits per heavy atom. The minimum atomic E-state index is -3.81. The van der Waals surface area contributed by atoms with Gasteiger partial charge in [-0.15, -0.1) is 0 Å². The van der Waals surface area contributed by atoms with Crippen molar-refractivity contribution in [3.63, 3.8) is 0 Å². The highest BCUT2D eigenvalue weighted by Gasteiger charge is 2.21. The van der Waals surface area contributed by atoms with Gasteiger partial charge in [-0.25, -0.2) is 8.42 Å². The quantitative estimate of drug-likeness (QED) is 0.426. The molecule has 1 aliphatic heterocycles. The molecule has 1 heterocycles. The first-order valence-corrected chi connectivity index (χ1v) is 12.9. The molecule has 0 unspecified atom stereocenters. The fourth-order valence-corrected chi connectivity index (χ4v) is 5.98. The number of nitrogens with one attached hydrogen (secondary N) is 1. The molecule has 178 valence electrons. The maximum Gasteiger partial charge on any atom is 0.262 e. The Kier molecular flexibility index (Phi) is 6.16. The first-order chi connectivity index (χ1) is 16.4. The summed E-state index contributed by atoms with van der Waals surface area (Å²) in [5.41, 5.74) is 2.75. The van der Waals surface area contributed by atoms with E-state index in [0.29, 0.717) is 11.1 Å². The van der Waals surface area contributed by atoms with Crippen molar-refractivity contribution in [2.45, 2.75) is 11.4 Å². The van der Waals surface area contributed by atoms with E-state index < -0.39 is 10.0 Å². The molecule has 6 nitrogen and oxygen atoms in total. The highest BCUT2D eigenvalue weighted by molar-refractivity contribution is 7.93. The Hall–Kier alpha value is -3.13. The van der Waals surface area contributed by atoms with Gasteiger partial charge in [-0.05, 0) is 29.1 Å². The third kappa shape index (κ3) is 4.34. The number of sulfonamides is 1. The topological polar surface area (TPSA) is 61.9 Å². The Morgan fingerprint density at radius 3 is 2.29 bits per heavy atom. The van der Waals surface area contributed by atoms with Crippen molar-refractivity contribution in [2.24, 2.45) is 0 Å². The lowest BCUT2D eigenvalue weighted by atomic mass is 10.0. The van der Waals surface area contributed by atoms with Crippen LogP contribution in [0.15, 0.2) is 77.7 Å². The molecule has 7 heteroatoms. The van der Waals surface area contributed by atoms with Gasteiger partial charge >= 0.3 is 0 Å². The second-order valence-corrected chi connectivity index (χ2v) is 10.5. The van der Waals surface area contributed by atoms with Crippen molar-refractivity contribution in [1.29, 1.82) is 0 Å². The molecule has 4 aromatic rings. The predicted molar refractivity (Wildman–Crippen MR) is 141 cm³/mol. The van der Waals surface area contributed by atoms with E-state index in [1.807, 2.05) is 73.6 Å². The van der Waals surface area contributed by atoms with Crippen LogP contribution in [0.1, 0.15) is 6.99 Å². The number of hydrogen-bond acceptors (Lipinski definition) is 5. The van der Waals surface area contributed by atoms with E-state index in [4.69, 9.17) is 4.74 Å². The number of benzene rings is 4. The Bertz CT molecular complexity index is 1450. The van der Waals surface area contributed by atoms with Gasteiger partial charge in [0.25, 0.3) is 10.0 Å². The second-order valence-electron chi connectivity index (χ2n) is 8.83. The molecule has 1 fully saturated rings. The minimum Gasteiger partial charge on any atom is -0.379 e. The van der Waals surface area contributed by atoms with Crippen molar-refractivity contribution in [3.05, 3.63) is 78.4 Å². The van der Waals surface area contributed by atoms with Gasteiger partial charge in [0.2, 0.25) is 0 Å². The molecule has 4 aromatic carbocycles. The summed E-state index contributed by atoms with van der Waals surface area (Å²) in [6.07, 6.45) is 0. The van der Waals surface area contributed by atoms with Crippen LogP contribution in [0.3, 0.4) is 0 Å². The third-order valence-electron chi connectivity index (χ3n) is 6.39. The van der Waals surface area contributed by atoms with Crippen molar-refractivity contribution >= 4 is 42.9 Å². The molecule has 0 bridgehead atoms. The average molecular weight is 478 g/mol. The highest BCUT2D eigenvalue weighted by atomic mass is 32.2. The smallest absolute Gasteiger partial charge is 0.262 e. The van der Waals surface area contributed by atoms with Crippen LogP contribution in [0.2, 0.25) is 0 Å². The van der Waals surface area contributed by atoms with Crippen molar-refractivity contribution in [3.8, 4) is 0 Å². The zero-order valence-corrected chi connectivity index (χ0v) is 20.3. The molecule has 0 aromatic heterocycles. The van der Waals surface area contributed by atoms with Gasteiger partial charge in [0.1, 0.15) is 0 Å². The molecular weight excluding hydrogens is 446 g/mol. The third-order valence-corrected chi connectivity index (χ3v) is 7.81. The Morgan fingerprint density at radius 1 is 0.853 bits per heavy atom. The lowest BCUT2D eigenvalue weighted by molar-refractivity contribution is 0.0344. The molecule has 34 heavy (non-hydrogen) atoms. The van der Waals surface area contributed by atoms with E-state index in [1.165, 1.54) is 5.56 Å². The van der Waals surface area contributed by atoms with Crippen LogP contribution in [0, 0.1) is 0 Å². The summed E-state index contributed by atoms with van der Waals surface area (Å²) in [6, 6.07) is 23.1. The van der Waals surface area contributed by atoms with E-state index in [2.05, 4.69) is 15.7 Å². The summed E-state index contributed by atoms with van der Waals surface area (Å²) in [4.78, 5) is 4.63. The van der Waals surface area contributed by atoms with Crippen LogP contribution < -0.4 is 9.62 Å². The van der Waals surface area contributed by atoms with Crippen LogP contribution in [0.5, 0.6) is 0 Å². The maximum absolute atomic E-state index is 13.6. The zero-order chi connectivity index (χ0) is 23.7. The molecule has 1 N–H and O–H groups in total. The van der Waals surface area contributed by atoms with Crippen LogP contribution in [0.4, 0.5) is 11.4 Å². The standard InChI is InChI=1S/C27H29N3O3S.H2/c1-29(2)26-11-5-10-24-23(26)9-6-12-27(24)34(31,32)28-25-14-13-20(19-30-15-17-33-18-16-30)21-7-3-4-8-22(21)25;/h3-14,28H,15-19H2,1-2H3;1H. The van der Waals surface area contributed by atoms with E-state index in [1.54, 1.807) is 12.1 Å². The number of ether oxygens (including phenoxy) is 1. The summed E-state index contributed by atoms with van der Waals surface area (Å²) in [6.45, 7) is 4.11. The van der Waals surface area contributed by atoms with Gasteiger partial charge < -0.3 is 9.64 Å². The SMILES string of the molecule is CN(C)c1cccc2c(S(=O)(=O)Nc3ccc(CN4CCOCC4)c4ccccc34)cccc12.[HH]. The van der Waals surface area contributed by atoms with Gasteiger partial charge in [0.15, 0.2) is 0 Å². The summed E-state index contributed by atoms with van der Waals surface area (Å²) in [7, 11) is 0.105. The lowest BCUT2D eigenvalue weighted by Gasteiger charge is -2.27. The molecular formula is C27H31N3O3S. The van der Waals surface area contributed by atoms with Crippen molar-refractivity contribution in [2.75, 3.05) is 50.0 Å². The average Bonchev–Trinajstić information content (AvgIpc) is 2.85. The largest absolute Gasteiger partial charge is 0.379 e. The first kappa shape index (κ1) is 22.7. The normalized spacial score (nSPS) is 15.0. The maximum atomic E-state index is 13.6. The second kappa shape index (κ2) is 9.25. The summed E-state index contributed by atoms with van der Waals surface area (Å²) >= 11 is 0. The van der Waals surface area contributed by atoms with E-state index in [0.717, 1.165) is 54.7 Å². The van der Waals surface area contributed by atoms with Crippen molar-refractivity contribution < 1.29 is 14.6 Å². The number of nitrogens with zero attached hydrogens (tertiary/aromatic N) is 2. The molecule has 5 rings (SSSR count). The summed E-state index contributed by atoms with van der Waals surface area (Å²) in [5, 5.41) is 3.56. The lowest BCUT2D eigenvalue weighted by Crippen LogP contribution is -2.35. The Balaban J connectivity index is 0.00000289. The Labute approximate surface area is 202 Å². The monoisotopic (exact) mass is 477 g/mol. The zero-order valence-electron chi connectivity index (χ0n) is 19.5. The molecule has 0 aliphatic carbocycles. The molecule has 1 saturated heterocycles. The van der Waals surface area contributed by atoms with E-state index >= 15 is 0 Å². The van der Waals surface area contributed by atoms with Crippen LogP contribution in [-0.2, 0) is 21.3 Å². The molecule has 1 aliphatic rings. The van der Waals surface area contributed by atoms with Gasteiger partial charge in [-0.3, -0.25) is 9.62 Å².